The van der Waals surface area contributed by atoms with Crippen molar-refractivity contribution in [3.05, 3.63) is 23.8 Å². The third kappa shape index (κ3) is 3.59. The van der Waals surface area contributed by atoms with Crippen LogP contribution in [0.1, 0.15) is 99.3 Å². The first-order valence-electron chi connectivity index (χ1n) is 13.2. The van der Waals surface area contributed by atoms with Crippen LogP contribution in [0.4, 0.5) is 0 Å². The van der Waals surface area contributed by atoms with Gasteiger partial charge in [0.2, 0.25) is 0 Å². The Bertz CT molecular complexity index is 733. The fourth-order valence-electron chi connectivity index (χ4n) is 8.86. The molecule has 0 saturated heterocycles. The average molecular weight is 429 g/mol. The smallest absolute Gasteiger partial charge is 0.0913 e. The molecule has 2 N–H and O–H groups in total. The molecule has 2 nitrogen and oxygen atoms in total. The summed E-state index contributed by atoms with van der Waals surface area (Å²) in [5.74, 6) is 3.68. The van der Waals surface area contributed by atoms with Crippen LogP contribution in [-0.4, -0.2) is 21.9 Å². The molecule has 2 heteroatoms. The predicted molar refractivity (Wildman–Crippen MR) is 130 cm³/mol. The Morgan fingerprint density at radius 3 is 2.35 bits per heavy atom. The van der Waals surface area contributed by atoms with Gasteiger partial charge in [-0.3, -0.25) is 0 Å². The summed E-state index contributed by atoms with van der Waals surface area (Å²) in [6, 6.07) is 0. The molecular weight excluding hydrogens is 380 g/mol. The van der Waals surface area contributed by atoms with Crippen LogP contribution in [0.2, 0.25) is 0 Å². The van der Waals surface area contributed by atoms with E-state index < -0.39 is 11.7 Å². The summed E-state index contributed by atoms with van der Waals surface area (Å²) in [6.45, 7) is 18.3. The van der Waals surface area contributed by atoms with Gasteiger partial charge in [0.15, 0.2) is 0 Å². The Morgan fingerprint density at radius 1 is 1.03 bits per heavy atom. The number of allylic oxidation sites excluding steroid dienone is 3. The molecule has 3 unspecified atom stereocenters. The molecule has 9 atom stereocenters. The van der Waals surface area contributed by atoms with Crippen molar-refractivity contribution in [3.63, 3.8) is 0 Å². The minimum absolute atomic E-state index is 0.132. The van der Waals surface area contributed by atoms with Crippen molar-refractivity contribution in [2.75, 3.05) is 0 Å². The van der Waals surface area contributed by atoms with Gasteiger partial charge in [-0.15, -0.1) is 0 Å². The van der Waals surface area contributed by atoms with Gasteiger partial charge in [-0.25, -0.2) is 0 Å². The minimum Gasteiger partial charge on any atom is -0.390 e. The molecular formula is C29H48O2. The molecule has 0 radical (unpaired) electrons. The lowest BCUT2D eigenvalue weighted by atomic mass is 9.45. The van der Waals surface area contributed by atoms with E-state index in [0.29, 0.717) is 17.3 Å². The fraction of sp³-hybridized carbons (Fsp3) is 0.862. The molecule has 0 bridgehead atoms. The summed E-state index contributed by atoms with van der Waals surface area (Å²) in [6.07, 6.45) is 12.5. The molecule has 176 valence electrons. The maximum atomic E-state index is 11.2. The lowest BCUT2D eigenvalue weighted by Crippen LogP contribution is -2.60. The largest absolute Gasteiger partial charge is 0.390 e. The van der Waals surface area contributed by atoms with Gasteiger partial charge in [-0.2, -0.15) is 0 Å². The van der Waals surface area contributed by atoms with Crippen molar-refractivity contribution in [2.24, 2.45) is 46.3 Å². The summed E-state index contributed by atoms with van der Waals surface area (Å²) >= 11 is 0. The van der Waals surface area contributed by atoms with Crippen LogP contribution in [0.3, 0.4) is 0 Å². The lowest BCUT2D eigenvalue weighted by Gasteiger charge is -2.61. The van der Waals surface area contributed by atoms with Crippen molar-refractivity contribution >= 4 is 0 Å². The monoisotopic (exact) mass is 428 g/mol. The molecule has 4 aliphatic rings. The van der Waals surface area contributed by atoms with Crippen molar-refractivity contribution in [3.8, 4) is 0 Å². The number of hydrogen-bond donors (Lipinski definition) is 2. The van der Waals surface area contributed by atoms with E-state index in [2.05, 4.69) is 47.3 Å². The maximum absolute atomic E-state index is 11.2. The SMILES string of the molecule is C=C(CC[C@@H](C)[C@H]1CC[C@H]2C3=CCC4C(C)(O)C(O)CC[C@]4(C)[C@H]3CC[C@]12C)C(C)C. The van der Waals surface area contributed by atoms with E-state index in [1.165, 1.54) is 44.1 Å². The van der Waals surface area contributed by atoms with Gasteiger partial charge in [0.05, 0.1) is 11.7 Å². The van der Waals surface area contributed by atoms with Crippen LogP contribution in [0.25, 0.3) is 0 Å². The highest BCUT2D eigenvalue weighted by Gasteiger charge is 2.61. The maximum Gasteiger partial charge on any atom is 0.0913 e. The second-order valence-corrected chi connectivity index (χ2v) is 12.9. The van der Waals surface area contributed by atoms with Crippen molar-refractivity contribution < 1.29 is 10.2 Å². The Hall–Kier alpha value is -0.600. The highest BCUT2D eigenvalue weighted by Crippen LogP contribution is 2.67. The van der Waals surface area contributed by atoms with Gasteiger partial charge in [0, 0.05) is 0 Å². The van der Waals surface area contributed by atoms with Crippen LogP contribution >= 0.6 is 0 Å². The molecule has 4 rings (SSSR count). The Labute approximate surface area is 191 Å². The third-order valence-corrected chi connectivity index (χ3v) is 11.1. The number of aliphatic hydroxyl groups is 2. The molecule has 4 aliphatic carbocycles. The van der Waals surface area contributed by atoms with Gasteiger partial charge in [-0.1, -0.05) is 58.4 Å². The summed E-state index contributed by atoms with van der Waals surface area (Å²) in [5, 5.41) is 21.7. The molecule has 31 heavy (non-hydrogen) atoms. The zero-order valence-electron chi connectivity index (χ0n) is 21.1. The highest BCUT2D eigenvalue weighted by atomic mass is 16.3. The minimum atomic E-state index is -0.957. The van der Waals surface area contributed by atoms with Crippen LogP contribution in [0.15, 0.2) is 23.8 Å². The zero-order chi connectivity index (χ0) is 22.8. The van der Waals surface area contributed by atoms with Gasteiger partial charge < -0.3 is 10.2 Å². The third-order valence-electron chi connectivity index (χ3n) is 11.1. The molecule has 0 amide bonds. The van der Waals surface area contributed by atoms with Gasteiger partial charge in [0.25, 0.3) is 0 Å². The van der Waals surface area contributed by atoms with Crippen molar-refractivity contribution in [1.29, 1.82) is 0 Å². The van der Waals surface area contributed by atoms with E-state index in [4.69, 9.17) is 0 Å². The average Bonchev–Trinajstić information content (AvgIpc) is 3.06. The Kier molecular flexibility index (Phi) is 6.09. The topological polar surface area (TPSA) is 40.5 Å². The van der Waals surface area contributed by atoms with E-state index in [0.717, 1.165) is 37.0 Å². The lowest BCUT2D eigenvalue weighted by molar-refractivity contribution is -0.184. The standard InChI is InChI=1S/C29H48O2/c1-18(2)19(3)8-9-20(4)22-11-12-23-21-10-13-25-28(6,17-15-26(30)29(25,7)31)24(21)14-16-27(22,23)5/h10,18,20,22-26,30-31H,3,8-9,11-17H2,1-2,4-7H3/t20-,22-,23+,24+,25?,26?,27-,28-,29?/m1/s1. The van der Waals surface area contributed by atoms with Gasteiger partial charge >= 0.3 is 0 Å². The molecule has 0 heterocycles. The molecule has 0 spiro atoms. The van der Waals surface area contributed by atoms with Gasteiger partial charge in [0.1, 0.15) is 0 Å². The summed E-state index contributed by atoms with van der Waals surface area (Å²) in [4.78, 5) is 0. The van der Waals surface area contributed by atoms with Gasteiger partial charge in [-0.05, 0) is 111 Å². The second-order valence-electron chi connectivity index (χ2n) is 12.9. The Balaban J connectivity index is 1.54. The first kappa shape index (κ1) is 23.6. The number of fused-ring (bicyclic) bond motifs is 5. The highest BCUT2D eigenvalue weighted by molar-refractivity contribution is 5.29. The van der Waals surface area contributed by atoms with Crippen molar-refractivity contribution in [2.45, 2.75) is 111 Å². The quantitative estimate of drug-likeness (QED) is 0.467. The van der Waals surface area contributed by atoms with E-state index in [1.807, 2.05) is 6.92 Å². The van der Waals surface area contributed by atoms with E-state index in [-0.39, 0.29) is 11.3 Å². The first-order valence-corrected chi connectivity index (χ1v) is 13.2. The first-order chi connectivity index (χ1) is 14.4. The van der Waals surface area contributed by atoms with Crippen LogP contribution in [-0.2, 0) is 0 Å². The summed E-state index contributed by atoms with van der Waals surface area (Å²) in [5.41, 5.74) is 2.76. The predicted octanol–water partition coefficient (Wildman–Crippen LogP) is 6.92. The molecule has 3 saturated carbocycles. The van der Waals surface area contributed by atoms with E-state index >= 15 is 0 Å². The van der Waals surface area contributed by atoms with Crippen molar-refractivity contribution in [1.82, 2.24) is 0 Å². The second kappa shape index (κ2) is 8.01. The van der Waals surface area contributed by atoms with Crippen LogP contribution in [0, 0.1) is 46.3 Å². The molecule has 0 aromatic heterocycles. The molecule has 0 aromatic carbocycles. The summed E-state index contributed by atoms with van der Waals surface area (Å²) < 4.78 is 0. The van der Waals surface area contributed by atoms with Crippen LogP contribution < -0.4 is 0 Å². The summed E-state index contributed by atoms with van der Waals surface area (Å²) in [7, 11) is 0. The molecule has 0 aromatic rings. The Morgan fingerprint density at radius 2 is 1.68 bits per heavy atom. The van der Waals surface area contributed by atoms with Crippen LogP contribution in [0.5, 0.6) is 0 Å². The molecule has 0 aliphatic heterocycles. The fourth-order valence-corrected chi connectivity index (χ4v) is 8.86. The van der Waals surface area contributed by atoms with E-state index in [1.54, 1.807) is 5.57 Å². The molecule has 3 fully saturated rings. The number of aliphatic hydroxyl groups excluding tert-OH is 1. The number of hydrogen-bond acceptors (Lipinski definition) is 2. The van der Waals surface area contributed by atoms with E-state index in [9.17, 15) is 10.2 Å². The zero-order valence-corrected chi connectivity index (χ0v) is 21.1. The number of rotatable bonds is 5. The normalized spacial score (nSPS) is 47.9.